The average molecular weight is 507 g/mol. The molecule has 0 aromatic carbocycles. The van der Waals surface area contributed by atoms with E-state index in [1.807, 2.05) is 6.92 Å². The number of esters is 4. The third-order valence-corrected chi connectivity index (χ3v) is 8.19. The topological polar surface area (TPSA) is 138 Å². The van der Waals surface area contributed by atoms with Crippen molar-refractivity contribution in [1.29, 1.82) is 0 Å². The molecule has 2 heterocycles. The molecule has 10 heteroatoms. The molecule has 0 amide bonds. The van der Waals surface area contributed by atoms with Crippen molar-refractivity contribution in [3.63, 3.8) is 0 Å². The number of aliphatic hydroxyl groups is 1. The second-order valence-corrected chi connectivity index (χ2v) is 10.9. The van der Waals surface area contributed by atoms with Crippen LogP contribution in [0.3, 0.4) is 0 Å². The first-order valence-electron chi connectivity index (χ1n) is 12.1. The van der Waals surface area contributed by atoms with E-state index in [9.17, 15) is 24.3 Å². The number of hydrogen-bond donors (Lipinski definition) is 1. The van der Waals surface area contributed by atoms with Gasteiger partial charge in [0.1, 0.15) is 18.3 Å². The Morgan fingerprint density at radius 1 is 1.03 bits per heavy atom. The molecular formula is C26H34O10. The maximum atomic E-state index is 12.9. The summed E-state index contributed by atoms with van der Waals surface area (Å²) in [6, 6.07) is 0. The van der Waals surface area contributed by atoms with Crippen LogP contribution in [0.25, 0.3) is 0 Å². The van der Waals surface area contributed by atoms with E-state index in [0.29, 0.717) is 12.8 Å². The molecule has 2 aliphatic carbocycles. The fraction of sp³-hybridized carbons (Fsp3) is 0.692. The predicted octanol–water partition coefficient (Wildman–Crippen LogP) is 1.92. The highest BCUT2D eigenvalue weighted by molar-refractivity contribution is 5.89. The van der Waals surface area contributed by atoms with Crippen LogP contribution in [-0.4, -0.2) is 70.2 Å². The SMILES string of the molecule is CC(=O)OC1[C@@H]2[C@](C)([C@@H](OC(C)=O)C=C[C@@]2(C)O)[C@@H](OC(C)=O)CC/C(C)=C\[C@@H]2OC(=O)[C@]3(C)O[C@]123. The maximum absolute atomic E-state index is 12.9. The Balaban J connectivity index is 2.02. The third kappa shape index (κ3) is 3.76. The van der Waals surface area contributed by atoms with Crippen LogP contribution in [0.15, 0.2) is 23.8 Å². The molecule has 2 fully saturated rings. The molecule has 0 radical (unpaired) electrons. The van der Waals surface area contributed by atoms with E-state index in [1.54, 1.807) is 26.0 Å². The van der Waals surface area contributed by atoms with Crippen molar-refractivity contribution in [3.05, 3.63) is 23.8 Å². The van der Waals surface area contributed by atoms with Crippen LogP contribution in [0.5, 0.6) is 0 Å². The Bertz CT molecular complexity index is 1060. The van der Waals surface area contributed by atoms with Crippen LogP contribution in [0.1, 0.15) is 61.3 Å². The lowest BCUT2D eigenvalue weighted by Crippen LogP contribution is -2.67. The average Bonchev–Trinajstić information content (AvgIpc) is 3.32. The van der Waals surface area contributed by atoms with Crippen molar-refractivity contribution in [1.82, 2.24) is 0 Å². The molecule has 9 atom stereocenters. The second-order valence-electron chi connectivity index (χ2n) is 10.9. The molecule has 10 nitrogen and oxygen atoms in total. The Morgan fingerprint density at radius 2 is 1.64 bits per heavy atom. The van der Waals surface area contributed by atoms with Crippen molar-refractivity contribution < 1.29 is 48.0 Å². The van der Waals surface area contributed by atoms with Gasteiger partial charge in [-0.3, -0.25) is 14.4 Å². The molecule has 36 heavy (non-hydrogen) atoms. The minimum atomic E-state index is -1.65. The molecule has 0 aromatic heterocycles. The molecule has 0 bridgehead atoms. The summed E-state index contributed by atoms with van der Waals surface area (Å²) in [6.45, 7) is 10.5. The smallest absolute Gasteiger partial charge is 0.342 e. The van der Waals surface area contributed by atoms with Gasteiger partial charge in [0.2, 0.25) is 0 Å². The summed E-state index contributed by atoms with van der Waals surface area (Å²) in [5.41, 5.74) is -4.99. The van der Waals surface area contributed by atoms with Crippen molar-refractivity contribution in [2.45, 2.75) is 103 Å². The lowest BCUT2D eigenvalue weighted by molar-refractivity contribution is -0.220. The number of carbonyl (C=O) groups excluding carboxylic acids is 4. The summed E-state index contributed by atoms with van der Waals surface area (Å²) in [5, 5.41) is 11.8. The molecular weight excluding hydrogens is 472 g/mol. The van der Waals surface area contributed by atoms with Gasteiger partial charge in [0.25, 0.3) is 0 Å². The first-order valence-corrected chi connectivity index (χ1v) is 12.1. The van der Waals surface area contributed by atoms with E-state index >= 15 is 0 Å². The number of ether oxygens (including phenoxy) is 5. The van der Waals surface area contributed by atoms with Crippen molar-refractivity contribution in [2.24, 2.45) is 11.3 Å². The van der Waals surface area contributed by atoms with Crippen LogP contribution >= 0.6 is 0 Å². The molecule has 4 aliphatic rings. The predicted molar refractivity (Wildman–Crippen MR) is 123 cm³/mol. The number of rotatable bonds is 3. The largest absolute Gasteiger partial charge is 0.462 e. The maximum Gasteiger partial charge on any atom is 0.342 e. The third-order valence-electron chi connectivity index (χ3n) is 8.19. The van der Waals surface area contributed by atoms with E-state index in [-0.39, 0.29) is 0 Å². The fourth-order valence-electron chi connectivity index (χ4n) is 6.55. The molecule has 198 valence electrons. The van der Waals surface area contributed by atoms with Gasteiger partial charge in [-0.2, -0.15) is 0 Å². The molecule has 0 saturated carbocycles. The van der Waals surface area contributed by atoms with Gasteiger partial charge in [-0.05, 0) is 45.8 Å². The fourth-order valence-corrected chi connectivity index (χ4v) is 6.55. The minimum Gasteiger partial charge on any atom is -0.462 e. The van der Waals surface area contributed by atoms with Crippen LogP contribution < -0.4 is 0 Å². The summed E-state index contributed by atoms with van der Waals surface area (Å²) in [7, 11) is 0. The van der Waals surface area contributed by atoms with E-state index < -0.39 is 76.4 Å². The molecule has 1 N–H and O–H groups in total. The van der Waals surface area contributed by atoms with Gasteiger partial charge in [-0.15, -0.1) is 0 Å². The number of carbonyl (C=O) groups is 4. The summed E-state index contributed by atoms with van der Waals surface area (Å²) < 4.78 is 29.2. The summed E-state index contributed by atoms with van der Waals surface area (Å²) in [5.74, 6) is -3.44. The monoisotopic (exact) mass is 506 g/mol. The summed E-state index contributed by atoms with van der Waals surface area (Å²) >= 11 is 0. The normalized spacial score (nSPS) is 46.6. The molecule has 0 aromatic rings. The number of epoxide rings is 1. The Hall–Kier alpha value is -2.72. The first-order chi connectivity index (χ1) is 16.6. The lowest BCUT2D eigenvalue weighted by Gasteiger charge is -2.55. The van der Waals surface area contributed by atoms with Crippen molar-refractivity contribution in [2.75, 3.05) is 0 Å². The van der Waals surface area contributed by atoms with Gasteiger partial charge < -0.3 is 28.8 Å². The highest BCUT2D eigenvalue weighted by Crippen LogP contribution is 2.65. The standard InChI is InChI=1S/C26H34O10/c1-13-8-9-17(32-14(2)27)24(6)18(33-15(3)28)10-11-23(5,31)20(24)21(34-16(4)29)26-19(12-13)35-22(30)25(26,7)36-26/h10-12,17-21,31H,8-9H2,1-7H3/b13-12-/t17-,18-,19-,20-,21?,23+,24-,25-,26-/m0/s1. The lowest BCUT2D eigenvalue weighted by atomic mass is 9.54. The molecule has 1 spiro atoms. The van der Waals surface area contributed by atoms with Crippen LogP contribution in [0, 0.1) is 11.3 Å². The van der Waals surface area contributed by atoms with Gasteiger partial charge in [0.05, 0.1) is 11.0 Å². The minimum absolute atomic E-state index is 0.315. The number of hydrogen-bond acceptors (Lipinski definition) is 10. The Kier molecular flexibility index (Phi) is 6.16. The quantitative estimate of drug-likeness (QED) is 0.261. The Morgan fingerprint density at radius 3 is 2.19 bits per heavy atom. The zero-order valence-corrected chi connectivity index (χ0v) is 21.7. The number of fused-ring (bicyclic) bond motifs is 1. The van der Waals surface area contributed by atoms with Crippen molar-refractivity contribution >= 4 is 23.9 Å². The van der Waals surface area contributed by atoms with E-state index in [1.165, 1.54) is 33.8 Å². The van der Waals surface area contributed by atoms with Crippen LogP contribution in [0.4, 0.5) is 0 Å². The van der Waals surface area contributed by atoms with Crippen LogP contribution in [-0.2, 0) is 42.9 Å². The van der Waals surface area contributed by atoms with Gasteiger partial charge in [0.15, 0.2) is 17.3 Å². The number of allylic oxidation sites excluding steroid dienone is 1. The molecule has 2 aliphatic heterocycles. The molecule has 2 saturated heterocycles. The van der Waals surface area contributed by atoms with Crippen molar-refractivity contribution in [3.8, 4) is 0 Å². The van der Waals surface area contributed by atoms with E-state index in [0.717, 1.165) is 5.57 Å². The van der Waals surface area contributed by atoms with E-state index in [2.05, 4.69) is 0 Å². The van der Waals surface area contributed by atoms with E-state index in [4.69, 9.17) is 23.7 Å². The first kappa shape index (κ1) is 26.3. The zero-order valence-electron chi connectivity index (χ0n) is 21.7. The molecule has 1 unspecified atom stereocenters. The summed E-state index contributed by atoms with van der Waals surface area (Å²) in [4.78, 5) is 49.8. The van der Waals surface area contributed by atoms with Gasteiger partial charge in [-0.25, -0.2) is 4.79 Å². The second kappa shape index (κ2) is 8.41. The molecule has 4 rings (SSSR count). The highest BCUT2D eigenvalue weighted by atomic mass is 16.7. The van der Waals surface area contributed by atoms with Gasteiger partial charge in [-0.1, -0.05) is 18.6 Å². The van der Waals surface area contributed by atoms with Gasteiger partial charge >= 0.3 is 23.9 Å². The van der Waals surface area contributed by atoms with Crippen LogP contribution in [0.2, 0.25) is 0 Å². The Labute approximate surface area is 209 Å². The summed E-state index contributed by atoms with van der Waals surface area (Å²) in [6.07, 6.45) is 1.63. The van der Waals surface area contributed by atoms with Gasteiger partial charge in [0, 0.05) is 26.7 Å². The zero-order chi connectivity index (χ0) is 26.8. The highest BCUT2D eigenvalue weighted by Gasteiger charge is 2.87.